The molecule has 0 spiro atoms. The van der Waals surface area contributed by atoms with Crippen LogP contribution in [0.15, 0.2) is 36.4 Å². The lowest BCUT2D eigenvalue weighted by Gasteiger charge is -2.07. The van der Waals surface area contributed by atoms with E-state index >= 15 is 0 Å². The maximum atomic E-state index is 12.3. The van der Waals surface area contributed by atoms with Crippen LogP contribution in [0.2, 0.25) is 5.02 Å². The summed E-state index contributed by atoms with van der Waals surface area (Å²) in [5.74, 6) is 0.312. The van der Waals surface area contributed by atoms with Crippen molar-refractivity contribution in [2.24, 2.45) is 0 Å². The fourth-order valence-corrected chi connectivity index (χ4v) is 1.69. The van der Waals surface area contributed by atoms with Crippen molar-refractivity contribution in [3.8, 4) is 0 Å². The fourth-order valence-electron chi connectivity index (χ4n) is 1.56. The van der Waals surface area contributed by atoms with Gasteiger partial charge in [-0.15, -0.1) is 10.2 Å². The number of alkyl halides is 3. The van der Waals surface area contributed by atoms with Crippen molar-refractivity contribution < 1.29 is 13.2 Å². The minimum absolute atomic E-state index is 0.312. The third kappa shape index (κ3) is 4.09. The maximum absolute atomic E-state index is 12.3. The highest BCUT2D eigenvalue weighted by Crippen LogP contribution is 2.27. The molecule has 2 rings (SSSR count). The van der Waals surface area contributed by atoms with Gasteiger partial charge in [-0.25, -0.2) is 0 Å². The van der Waals surface area contributed by atoms with E-state index in [0.29, 0.717) is 23.8 Å². The van der Waals surface area contributed by atoms with Crippen LogP contribution in [0.1, 0.15) is 11.3 Å². The number of rotatable bonds is 4. The average molecular weight is 302 g/mol. The highest BCUT2D eigenvalue weighted by atomic mass is 35.5. The van der Waals surface area contributed by atoms with E-state index in [4.69, 9.17) is 11.6 Å². The molecule has 0 aliphatic heterocycles. The normalized spacial score (nSPS) is 11.4. The summed E-state index contributed by atoms with van der Waals surface area (Å²) in [7, 11) is 0. The monoisotopic (exact) mass is 301 g/mol. The number of aromatic nitrogens is 2. The topological polar surface area (TPSA) is 37.8 Å². The molecule has 0 fully saturated rings. The van der Waals surface area contributed by atoms with Crippen molar-refractivity contribution in [2.45, 2.75) is 12.6 Å². The van der Waals surface area contributed by atoms with Crippen LogP contribution in [0.4, 0.5) is 19.0 Å². The quantitative estimate of drug-likeness (QED) is 0.933. The molecule has 1 N–H and O–H groups in total. The lowest BCUT2D eigenvalue weighted by molar-refractivity contribution is -0.141. The molecule has 1 aromatic carbocycles. The van der Waals surface area contributed by atoms with Gasteiger partial charge in [0.05, 0.1) is 0 Å². The van der Waals surface area contributed by atoms with E-state index < -0.39 is 11.9 Å². The number of nitrogens with one attached hydrogen (secondary N) is 1. The largest absolute Gasteiger partial charge is 0.435 e. The summed E-state index contributed by atoms with van der Waals surface area (Å²) in [5, 5.41) is 10.2. The second kappa shape index (κ2) is 6.09. The highest BCUT2D eigenvalue weighted by molar-refractivity contribution is 6.30. The van der Waals surface area contributed by atoms with Crippen LogP contribution >= 0.6 is 11.6 Å². The molecule has 1 heterocycles. The number of benzene rings is 1. The summed E-state index contributed by atoms with van der Waals surface area (Å²) >= 11 is 5.77. The minimum atomic E-state index is -4.46. The van der Waals surface area contributed by atoms with Crippen LogP contribution in [0.3, 0.4) is 0 Å². The smallest absolute Gasteiger partial charge is 0.368 e. The Labute approximate surface area is 118 Å². The second-order valence-corrected chi connectivity index (χ2v) is 4.54. The van der Waals surface area contributed by atoms with Gasteiger partial charge in [-0.2, -0.15) is 13.2 Å². The minimum Gasteiger partial charge on any atom is -0.368 e. The van der Waals surface area contributed by atoms with Crippen LogP contribution in [0, 0.1) is 0 Å². The SMILES string of the molecule is FC(F)(F)c1ccc(NCCc2ccc(Cl)cc2)nn1. The van der Waals surface area contributed by atoms with E-state index in [-0.39, 0.29) is 0 Å². The van der Waals surface area contributed by atoms with Gasteiger partial charge in [0, 0.05) is 11.6 Å². The first-order valence-electron chi connectivity index (χ1n) is 5.84. The Bertz CT molecular complexity index is 553. The molecule has 0 radical (unpaired) electrons. The standard InChI is InChI=1S/C13H11ClF3N3/c14-10-3-1-9(2-4-10)7-8-18-12-6-5-11(19-20-12)13(15,16)17/h1-6H,7-8H2,(H,18,20). The van der Waals surface area contributed by atoms with Crippen LogP contribution < -0.4 is 5.32 Å². The molecule has 0 saturated heterocycles. The number of nitrogens with zero attached hydrogens (tertiary/aromatic N) is 2. The third-order valence-corrected chi connectivity index (χ3v) is 2.84. The zero-order valence-corrected chi connectivity index (χ0v) is 11.0. The van der Waals surface area contributed by atoms with E-state index in [1.165, 1.54) is 6.07 Å². The highest BCUT2D eigenvalue weighted by Gasteiger charge is 2.32. The van der Waals surface area contributed by atoms with Gasteiger partial charge in [-0.3, -0.25) is 0 Å². The Kier molecular flexibility index (Phi) is 4.44. The molecule has 0 unspecified atom stereocenters. The van der Waals surface area contributed by atoms with Gasteiger partial charge in [0.1, 0.15) is 5.82 Å². The predicted octanol–water partition coefficient (Wildman–Crippen LogP) is 3.80. The summed E-state index contributed by atoms with van der Waals surface area (Å²) in [5.41, 5.74) is 0.0718. The Balaban J connectivity index is 1.87. The number of hydrogen-bond acceptors (Lipinski definition) is 3. The van der Waals surface area contributed by atoms with Crippen molar-refractivity contribution in [1.29, 1.82) is 0 Å². The van der Waals surface area contributed by atoms with Crippen LogP contribution in [-0.2, 0) is 12.6 Å². The van der Waals surface area contributed by atoms with Crippen molar-refractivity contribution in [3.63, 3.8) is 0 Å². The average Bonchev–Trinajstić information content (AvgIpc) is 2.41. The first kappa shape index (κ1) is 14.6. The van der Waals surface area contributed by atoms with Crippen LogP contribution in [0.25, 0.3) is 0 Å². The zero-order valence-electron chi connectivity index (χ0n) is 10.3. The van der Waals surface area contributed by atoms with Gasteiger partial charge in [-0.05, 0) is 36.2 Å². The third-order valence-electron chi connectivity index (χ3n) is 2.59. The first-order chi connectivity index (χ1) is 9.45. The molecular weight excluding hydrogens is 291 g/mol. The molecule has 0 bridgehead atoms. The van der Waals surface area contributed by atoms with Crippen molar-refractivity contribution in [1.82, 2.24) is 10.2 Å². The van der Waals surface area contributed by atoms with E-state index in [0.717, 1.165) is 11.6 Å². The van der Waals surface area contributed by atoms with Crippen molar-refractivity contribution in [2.75, 3.05) is 11.9 Å². The Hall–Kier alpha value is -1.82. The molecular formula is C13H11ClF3N3. The predicted molar refractivity (Wildman–Crippen MR) is 70.7 cm³/mol. The zero-order chi connectivity index (χ0) is 14.6. The summed E-state index contributed by atoms with van der Waals surface area (Å²) in [6, 6.07) is 9.52. The molecule has 0 atom stereocenters. The van der Waals surface area contributed by atoms with Crippen LogP contribution in [-0.4, -0.2) is 16.7 Å². The summed E-state index contributed by atoms with van der Waals surface area (Å²) in [6.45, 7) is 0.543. The molecule has 0 aliphatic carbocycles. The van der Waals surface area contributed by atoms with E-state index in [1.54, 1.807) is 12.1 Å². The van der Waals surface area contributed by atoms with Gasteiger partial charge in [0.15, 0.2) is 5.69 Å². The molecule has 7 heteroatoms. The lowest BCUT2D eigenvalue weighted by Crippen LogP contribution is -2.11. The lowest BCUT2D eigenvalue weighted by atomic mass is 10.1. The van der Waals surface area contributed by atoms with E-state index in [2.05, 4.69) is 15.5 Å². The Morgan fingerprint density at radius 1 is 1.00 bits per heavy atom. The molecule has 0 aliphatic rings. The number of hydrogen-bond donors (Lipinski definition) is 1. The number of anilines is 1. The van der Waals surface area contributed by atoms with Gasteiger partial charge < -0.3 is 5.32 Å². The van der Waals surface area contributed by atoms with Gasteiger partial charge >= 0.3 is 6.18 Å². The van der Waals surface area contributed by atoms with Gasteiger partial charge in [0.25, 0.3) is 0 Å². The summed E-state index contributed by atoms with van der Waals surface area (Å²) < 4.78 is 36.9. The van der Waals surface area contributed by atoms with Gasteiger partial charge in [-0.1, -0.05) is 23.7 Å². The molecule has 0 saturated carbocycles. The Morgan fingerprint density at radius 3 is 2.25 bits per heavy atom. The van der Waals surface area contributed by atoms with Gasteiger partial charge in [0.2, 0.25) is 0 Å². The van der Waals surface area contributed by atoms with E-state index in [9.17, 15) is 13.2 Å². The maximum Gasteiger partial charge on any atom is 0.435 e. The number of halogens is 4. The molecule has 20 heavy (non-hydrogen) atoms. The molecule has 106 valence electrons. The van der Waals surface area contributed by atoms with Crippen LogP contribution in [0.5, 0.6) is 0 Å². The second-order valence-electron chi connectivity index (χ2n) is 4.10. The molecule has 1 aromatic heterocycles. The summed E-state index contributed by atoms with van der Waals surface area (Å²) in [4.78, 5) is 0. The molecule has 3 nitrogen and oxygen atoms in total. The molecule has 2 aromatic rings. The summed E-state index contributed by atoms with van der Waals surface area (Å²) in [6.07, 6.45) is -3.76. The first-order valence-corrected chi connectivity index (χ1v) is 6.22. The Morgan fingerprint density at radius 2 is 1.70 bits per heavy atom. The fraction of sp³-hybridized carbons (Fsp3) is 0.231. The van der Waals surface area contributed by atoms with Crippen molar-refractivity contribution in [3.05, 3.63) is 52.7 Å². The van der Waals surface area contributed by atoms with E-state index in [1.807, 2.05) is 12.1 Å². The van der Waals surface area contributed by atoms with Crippen molar-refractivity contribution >= 4 is 17.4 Å². The molecule has 0 amide bonds.